The third-order valence-corrected chi connectivity index (χ3v) is 8.06. The maximum atomic E-state index is 13.3. The molecule has 0 aliphatic carbocycles. The summed E-state index contributed by atoms with van der Waals surface area (Å²) in [6, 6.07) is 15.1. The van der Waals surface area contributed by atoms with Crippen LogP contribution in [0.5, 0.6) is 0 Å². The third kappa shape index (κ3) is 5.78. The van der Waals surface area contributed by atoms with Crippen molar-refractivity contribution in [1.82, 2.24) is 0 Å². The van der Waals surface area contributed by atoms with E-state index in [1.54, 1.807) is 0 Å². The van der Waals surface area contributed by atoms with Crippen LogP contribution in [-0.4, -0.2) is 22.7 Å². The molecule has 3 aromatic carbocycles. The van der Waals surface area contributed by atoms with E-state index in [1.165, 1.54) is 36.6 Å². The van der Waals surface area contributed by atoms with Gasteiger partial charge in [-0.1, -0.05) is 0 Å². The van der Waals surface area contributed by atoms with E-state index in [2.05, 4.69) is 10.0 Å². The maximum Gasteiger partial charge on any atom is 0.291 e. The molecular formula is C24H18F2N2O6S2. The van der Waals surface area contributed by atoms with Gasteiger partial charge in [0, 0.05) is 5.69 Å². The van der Waals surface area contributed by atoms with Gasteiger partial charge in [-0.25, -0.2) is 25.6 Å². The molecule has 0 saturated carbocycles. The molecule has 1 aromatic heterocycles. The predicted molar refractivity (Wildman–Crippen MR) is 128 cm³/mol. The number of amides is 1. The molecule has 0 bridgehead atoms. The second-order valence-corrected chi connectivity index (χ2v) is 11.2. The summed E-state index contributed by atoms with van der Waals surface area (Å²) in [6.45, 7) is 0. The summed E-state index contributed by atoms with van der Waals surface area (Å²) in [5.41, 5.74) is 0.0914. The highest BCUT2D eigenvalue weighted by molar-refractivity contribution is 7.92. The van der Waals surface area contributed by atoms with Crippen molar-refractivity contribution in [1.29, 1.82) is 0 Å². The lowest BCUT2D eigenvalue weighted by molar-refractivity contribution is 0.0996. The minimum absolute atomic E-state index is 0.00209. The van der Waals surface area contributed by atoms with Crippen LogP contribution in [0.4, 0.5) is 20.2 Å². The fraction of sp³-hybridized carbons (Fsp3) is 0.0417. The Morgan fingerprint density at radius 3 is 2.00 bits per heavy atom. The second kappa shape index (κ2) is 9.91. The van der Waals surface area contributed by atoms with E-state index in [1.807, 2.05) is 0 Å². The van der Waals surface area contributed by atoms with Gasteiger partial charge in [-0.3, -0.25) is 9.52 Å². The summed E-state index contributed by atoms with van der Waals surface area (Å²) in [5, 5.41) is 2.55. The highest BCUT2D eigenvalue weighted by Crippen LogP contribution is 2.28. The Bertz CT molecular complexity index is 1600. The number of hydrogen-bond donors (Lipinski definition) is 2. The summed E-state index contributed by atoms with van der Waals surface area (Å²) in [4.78, 5) is 11.9. The number of nitrogens with one attached hydrogen (secondary N) is 2. The van der Waals surface area contributed by atoms with E-state index in [0.717, 1.165) is 48.5 Å². The molecule has 1 amide bonds. The molecule has 0 fully saturated rings. The third-order valence-electron chi connectivity index (χ3n) is 4.99. The topological polar surface area (TPSA) is 123 Å². The summed E-state index contributed by atoms with van der Waals surface area (Å²) in [5.74, 6) is -2.52. The molecule has 0 radical (unpaired) electrons. The Morgan fingerprint density at radius 1 is 0.806 bits per heavy atom. The van der Waals surface area contributed by atoms with Crippen molar-refractivity contribution in [2.75, 3.05) is 10.0 Å². The van der Waals surface area contributed by atoms with E-state index in [9.17, 15) is 30.4 Å². The average molecular weight is 533 g/mol. The van der Waals surface area contributed by atoms with Crippen LogP contribution in [-0.2, 0) is 25.6 Å². The lowest BCUT2D eigenvalue weighted by Gasteiger charge is -2.15. The van der Waals surface area contributed by atoms with Crippen molar-refractivity contribution in [2.24, 2.45) is 0 Å². The second-order valence-electron chi connectivity index (χ2n) is 7.58. The molecule has 186 valence electrons. The van der Waals surface area contributed by atoms with E-state index >= 15 is 0 Å². The number of anilines is 2. The van der Waals surface area contributed by atoms with Gasteiger partial charge < -0.3 is 9.73 Å². The van der Waals surface area contributed by atoms with Crippen LogP contribution in [0.25, 0.3) is 0 Å². The Kier molecular flexibility index (Phi) is 6.91. The SMILES string of the molecule is O=C(Nc1ccc(NS(=O)(=O)c2ccc(F)cc2)c(CS(=O)(=O)c2ccc(F)cc2)c1)c1ccco1. The van der Waals surface area contributed by atoms with E-state index < -0.39 is 43.2 Å². The van der Waals surface area contributed by atoms with Crippen molar-refractivity contribution in [2.45, 2.75) is 15.5 Å². The molecule has 0 spiro atoms. The van der Waals surface area contributed by atoms with Crippen LogP contribution in [0.1, 0.15) is 16.1 Å². The molecule has 0 aliphatic heterocycles. The number of rotatable bonds is 8. The first-order chi connectivity index (χ1) is 17.0. The summed E-state index contributed by atoms with van der Waals surface area (Å²) >= 11 is 0. The Hall–Kier alpha value is -4.03. The average Bonchev–Trinajstić information content (AvgIpc) is 3.36. The van der Waals surface area contributed by atoms with E-state index in [4.69, 9.17) is 4.42 Å². The number of carbonyl (C=O) groups is 1. The van der Waals surface area contributed by atoms with Crippen molar-refractivity contribution in [3.8, 4) is 0 Å². The zero-order chi connectivity index (χ0) is 25.9. The van der Waals surface area contributed by atoms with Crippen LogP contribution in [0.15, 0.2) is 99.3 Å². The highest BCUT2D eigenvalue weighted by Gasteiger charge is 2.22. The molecule has 0 saturated heterocycles. The number of furan rings is 1. The summed E-state index contributed by atoms with van der Waals surface area (Å²) in [6.07, 6.45) is 1.31. The Balaban J connectivity index is 1.71. The first-order valence-electron chi connectivity index (χ1n) is 10.3. The van der Waals surface area contributed by atoms with Gasteiger partial charge in [-0.15, -0.1) is 0 Å². The van der Waals surface area contributed by atoms with Crippen molar-refractivity contribution < 1.29 is 34.8 Å². The fourth-order valence-electron chi connectivity index (χ4n) is 3.24. The monoisotopic (exact) mass is 532 g/mol. The zero-order valence-electron chi connectivity index (χ0n) is 18.3. The largest absolute Gasteiger partial charge is 0.459 e. The molecule has 0 unspecified atom stereocenters. The molecule has 4 rings (SSSR count). The summed E-state index contributed by atoms with van der Waals surface area (Å²) in [7, 11) is -8.26. The number of sulfone groups is 1. The predicted octanol–water partition coefficient (Wildman–Crippen LogP) is 4.58. The molecule has 36 heavy (non-hydrogen) atoms. The fourth-order valence-corrected chi connectivity index (χ4v) is 5.70. The number of hydrogen-bond acceptors (Lipinski definition) is 6. The van der Waals surface area contributed by atoms with Crippen molar-refractivity contribution in [3.05, 3.63) is 108 Å². The lowest BCUT2D eigenvalue weighted by Crippen LogP contribution is -2.16. The van der Waals surface area contributed by atoms with Gasteiger partial charge in [0.1, 0.15) is 11.6 Å². The molecule has 4 aromatic rings. The minimum atomic E-state index is -4.21. The smallest absolute Gasteiger partial charge is 0.291 e. The zero-order valence-corrected chi connectivity index (χ0v) is 19.9. The van der Waals surface area contributed by atoms with Gasteiger partial charge in [-0.2, -0.15) is 0 Å². The van der Waals surface area contributed by atoms with Gasteiger partial charge in [0.2, 0.25) is 0 Å². The molecule has 1 heterocycles. The van der Waals surface area contributed by atoms with Gasteiger partial charge in [0.15, 0.2) is 15.6 Å². The van der Waals surface area contributed by atoms with Gasteiger partial charge in [-0.05, 0) is 84.4 Å². The quantitative estimate of drug-likeness (QED) is 0.320. The lowest BCUT2D eigenvalue weighted by atomic mass is 10.2. The first kappa shape index (κ1) is 25.1. The van der Waals surface area contributed by atoms with Crippen LogP contribution >= 0.6 is 0 Å². The molecule has 0 aliphatic rings. The van der Waals surface area contributed by atoms with Gasteiger partial charge >= 0.3 is 0 Å². The van der Waals surface area contributed by atoms with Crippen LogP contribution in [0, 0.1) is 11.6 Å². The molecule has 12 heteroatoms. The molecule has 8 nitrogen and oxygen atoms in total. The number of benzene rings is 3. The number of halogens is 2. The minimum Gasteiger partial charge on any atom is -0.459 e. The van der Waals surface area contributed by atoms with Crippen molar-refractivity contribution in [3.63, 3.8) is 0 Å². The number of carbonyl (C=O) groups excluding carboxylic acids is 1. The normalized spacial score (nSPS) is 11.7. The van der Waals surface area contributed by atoms with Gasteiger partial charge in [0.25, 0.3) is 15.9 Å². The van der Waals surface area contributed by atoms with E-state index in [-0.39, 0.29) is 32.5 Å². The van der Waals surface area contributed by atoms with E-state index in [0.29, 0.717) is 0 Å². The van der Waals surface area contributed by atoms with Crippen molar-refractivity contribution >= 4 is 37.1 Å². The number of sulfonamides is 1. The Labute approximate surface area is 205 Å². The van der Waals surface area contributed by atoms with Crippen LogP contribution in [0.3, 0.4) is 0 Å². The standard InChI is InChI=1S/C24H18F2N2O6S2/c25-17-3-8-20(9-4-17)35(30,31)15-16-14-19(27-24(29)23-2-1-13-34-23)7-12-22(16)28-36(32,33)21-10-5-18(26)6-11-21/h1-14,28H,15H2,(H,27,29). The summed E-state index contributed by atoms with van der Waals surface area (Å²) < 4.78 is 85.6. The van der Waals surface area contributed by atoms with Crippen LogP contribution in [0.2, 0.25) is 0 Å². The molecule has 0 atom stereocenters. The Morgan fingerprint density at radius 2 is 1.42 bits per heavy atom. The molecule has 2 N–H and O–H groups in total. The highest BCUT2D eigenvalue weighted by atomic mass is 32.2. The maximum absolute atomic E-state index is 13.3. The molecular weight excluding hydrogens is 514 g/mol. The van der Waals surface area contributed by atoms with Crippen LogP contribution < -0.4 is 10.0 Å². The van der Waals surface area contributed by atoms with Gasteiger partial charge in [0.05, 0.1) is 27.5 Å². The first-order valence-corrected chi connectivity index (χ1v) is 13.4.